The molecule has 30 heavy (non-hydrogen) atoms. The molecule has 2 aromatic rings. The molecule has 0 amide bonds. The highest BCUT2D eigenvalue weighted by Gasteiger charge is 2.31. The predicted molar refractivity (Wildman–Crippen MR) is 124 cm³/mol. The van der Waals surface area contributed by atoms with E-state index in [9.17, 15) is 9.90 Å². The van der Waals surface area contributed by atoms with Crippen LogP contribution in [0, 0.1) is 13.8 Å². The predicted octanol–water partition coefficient (Wildman–Crippen LogP) is 4.59. The molecule has 0 bridgehead atoms. The van der Waals surface area contributed by atoms with Crippen LogP contribution in [0.4, 0.5) is 5.69 Å². The van der Waals surface area contributed by atoms with Gasteiger partial charge in [0.25, 0.3) is 0 Å². The van der Waals surface area contributed by atoms with E-state index in [2.05, 4.69) is 52.5 Å². The first-order valence-electron chi connectivity index (χ1n) is 10.3. The summed E-state index contributed by atoms with van der Waals surface area (Å²) < 4.78 is 5.84. The standard InChI is InChI=1S/C24H32N2O3S/c1-17-14-20(15-18(2)22(17)29-24(3,4)23(27)28)26-12-10-25(11-13-26)16-19-6-8-21(30-5)9-7-19/h6-9,14-15H,10-13,16H2,1-5H3,(H,27,28). The van der Waals surface area contributed by atoms with Crippen molar-refractivity contribution in [2.45, 2.75) is 44.7 Å². The third-order valence-corrected chi connectivity index (χ3v) is 6.36. The minimum Gasteiger partial charge on any atom is -0.478 e. The summed E-state index contributed by atoms with van der Waals surface area (Å²) in [5.41, 5.74) is 3.22. The highest BCUT2D eigenvalue weighted by atomic mass is 32.2. The first kappa shape index (κ1) is 22.5. The minimum absolute atomic E-state index is 0.665. The van der Waals surface area contributed by atoms with E-state index in [-0.39, 0.29) is 0 Å². The monoisotopic (exact) mass is 428 g/mol. The SMILES string of the molecule is CSc1ccc(CN2CCN(c3cc(C)c(OC(C)(C)C(=O)O)c(C)c3)CC2)cc1. The molecule has 0 atom stereocenters. The molecule has 1 fully saturated rings. The summed E-state index contributed by atoms with van der Waals surface area (Å²) in [6, 6.07) is 13.0. The number of aryl methyl sites for hydroxylation is 2. The Bertz CT molecular complexity index is 865. The van der Waals surface area contributed by atoms with E-state index in [1.165, 1.54) is 16.1 Å². The van der Waals surface area contributed by atoms with E-state index in [0.717, 1.165) is 43.9 Å². The molecule has 1 N–H and O–H groups in total. The van der Waals surface area contributed by atoms with Gasteiger partial charge in [0.1, 0.15) is 5.75 Å². The van der Waals surface area contributed by atoms with Gasteiger partial charge in [0.2, 0.25) is 0 Å². The molecule has 0 saturated carbocycles. The average Bonchev–Trinajstić information content (AvgIpc) is 2.71. The molecule has 6 heteroatoms. The van der Waals surface area contributed by atoms with Crippen LogP contribution in [-0.2, 0) is 11.3 Å². The van der Waals surface area contributed by atoms with Crippen LogP contribution in [0.25, 0.3) is 0 Å². The van der Waals surface area contributed by atoms with Crippen LogP contribution in [0.5, 0.6) is 5.75 Å². The summed E-state index contributed by atoms with van der Waals surface area (Å²) >= 11 is 1.77. The number of hydrogen-bond acceptors (Lipinski definition) is 5. The van der Waals surface area contributed by atoms with E-state index in [4.69, 9.17) is 4.74 Å². The van der Waals surface area contributed by atoms with Gasteiger partial charge >= 0.3 is 5.97 Å². The van der Waals surface area contributed by atoms with E-state index < -0.39 is 11.6 Å². The van der Waals surface area contributed by atoms with Gasteiger partial charge in [-0.1, -0.05) is 12.1 Å². The van der Waals surface area contributed by atoms with Crippen LogP contribution in [-0.4, -0.2) is 54.0 Å². The van der Waals surface area contributed by atoms with Crippen molar-refractivity contribution >= 4 is 23.4 Å². The number of hydrogen-bond donors (Lipinski definition) is 1. The summed E-state index contributed by atoms with van der Waals surface area (Å²) in [5.74, 6) is -0.303. The van der Waals surface area contributed by atoms with Crippen molar-refractivity contribution < 1.29 is 14.6 Å². The second kappa shape index (κ2) is 9.31. The van der Waals surface area contributed by atoms with Gasteiger partial charge in [0.05, 0.1) is 0 Å². The van der Waals surface area contributed by atoms with E-state index >= 15 is 0 Å². The zero-order valence-corrected chi connectivity index (χ0v) is 19.4. The molecule has 3 rings (SSSR count). The van der Waals surface area contributed by atoms with E-state index in [0.29, 0.717) is 5.75 Å². The van der Waals surface area contributed by atoms with Crippen molar-refractivity contribution in [2.75, 3.05) is 37.3 Å². The maximum Gasteiger partial charge on any atom is 0.347 e. The molecule has 0 aromatic heterocycles. The molecular weight excluding hydrogens is 396 g/mol. The number of carboxylic acids is 1. The normalized spacial score (nSPS) is 15.3. The second-order valence-electron chi connectivity index (χ2n) is 8.44. The number of anilines is 1. The summed E-state index contributed by atoms with van der Waals surface area (Å²) in [6.45, 7) is 12.1. The molecule has 1 aliphatic rings. The minimum atomic E-state index is -1.25. The number of benzene rings is 2. The Balaban J connectivity index is 1.63. The molecule has 162 valence electrons. The zero-order valence-electron chi connectivity index (χ0n) is 18.6. The fourth-order valence-electron chi connectivity index (χ4n) is 3.72. The Morgan fingerprint density at radius 2 is 1.63 bits per heavy atom. The number of nitrogens with zero attached hydrogens (tertiary/aromatic N) is 2. The average molecular weight is 429 g/mol. The number of piperazine rings is 1. The quantitative estimate of drug-likeness (QED) is 0.651. The lowest BCUT2D eigenvalue weighted by Gasteiger charge is -2.36. The largest absolute Gasteiger partial charge is 0.478 e. The molecule has 0 unspecified atom stereocenters. The van der Waals surface area contributed by atoms with Gasteiger partial charge in [-0.2, -0.15) is 0 Å². The molecule has 0 radical (unpaired) electrons. The van der Waals surface area contributed by atoms with Gasteiger partial charge in [-0.15, -0.1) is 11.8 Å². The fraction of sp³-hybridized carbons (Fsp3) is 0.458. The highest BCUT2D eigenvalue weighted by Crippen LogP contribution is 2.32. The van der Waals surface area contributed by atoms with Crippen LogP contribution in [0.2, 0.25) is 0 Å². The van der Waals surface area contributed by atoms with Crippen molar-refractivity contribution in [2.24, 2.45) is 0 Å². The van der Waals surface area contributed by atoms with E-state index in [1.54, 1.807) is 25.6 Å². The van der Waals surface area contributed by atoms with E-state index in [1.807, 2.05) is 13.8 Å². The van der Waals surface area contributed by atoms with Crippen LogP contribution in [0.3, 0.4) is 0 Å². The molecule has 5 nitrogen and oxygen atoms in total. The summed E-state index contributed by atoms with van der Waals surface area (Å²) in [6.07, 6.45) is 2.10. The summed E-state index contributed by atoms with van der Waals surface area (Å²) in [4.78, 5) is 17.6. The Morgan fingerprint density at radius 1 is 1.07 bits per heavy atom. The summed E-state index contributed by atoms with van der Waals surface area (Å²) in [7, 11) is 0. The molecule has 0 spiro atoms. The zero-order chi connectivity index (χ0) is 21.9. The first-order chi connectivity index (χ1) is 14.2. The molecule has 1 aliphatic heterocycles. The van der Waals surface area contributed by atoms with Crippen molar-refractivity contribution in [1.29, 1.82) is 0 Å². The maximum absolute atomic E-state index is 11.4. The van der Waals surface area contributed by atoms with Crippen LogP contribution >= 0.6 is 11.8 Å². The number of rotatable bonds is 7. The fourth-order valence-corrected chi connectivity index (χ4v) is 4.13. The highest BCUT2D eigenvalue weighted by molar-refractivity contribution is 7.98. The second-order valence-corrected chi connectivity index (χ2v) is 9.32. The van der Waals surface area contributed by atoms with Crippen molar-refractivity contribution in [3.05, 3.63) is 53.1 Å². The van der Waals surface area contributed by atoms with Gasteiger partial charge in [0.15, 0.2) is 5.60 Å². The van der Waals surface area contributed by atoms with Gasteiger partial charge in [0, 0.05) is 43.3 Å². The van der Waals surface area contributed by atoms with Gasteiger partial charge in [-0.3, -0.25) is 4.90 Å². The number of aliphatic carboxylic acids is 1. The number of ether oxygens (including phenoxy) is 1. The van der Waals surface area contributed by atoms with Crippen molar-refractivity contribution in [1.82, 2.24) is 4.90 Å². The Kier molecular flexibility index (Phi) is 6.98. The van der Waals surface area contributed by atoms with Gasteiger partial charge < -0.3 is 14.7 Å². The third-order valence-electron chi connectivity index (χ3n) is 5.62. The Hall–Kier alpha value is -2.18. The van der Waals surface area contributed by atoms with Gasteiger partial charge in [-0.25, -0.2) is 4.79 Å². The summed E-state index contributed by atoms with van der Waals surface area (Å²) in [5, 5.41) is 9.36. The maximum atomic E-state index is 11.4. The molecule has 0 aliphatic carbocycles. The third kappa shape index (κ3) is 5.29. The molecular formula is C24H32N2O3S. The number of carboxylic acid groups (broad SMARTS) is 1. The Morgan fingerprint density at radius 3 is 2.13 bits per heavy atom. The first-order valence-corrected chi connectivity index (χ1v) is 11.6. The molecule has 1 heterocycles. The smallest absolute Gasteiger partial charge is 0.347 e. The Labute approximate surface area is 184 Å². The van der Waals surface area contributed by atoms with Gasteiger partial charge in [-0.05, 0) is 74.9 Å². The lowest BCUT2D eigenvalue weighted by atomic mass is 10.1. The molecule has 2 aromatic carbocycles. The van der Waals surface area contributed by atoms with Crippen molar-refractivity contribution in [3.8, 4) is 5.75 Å². The molecule has 1 saturated heterocycles. The number of carbonyl (C=O) groups is 1. The van der Waals surface area contributed by atoms with Crippen LogP contribution in [0.15, 0.2) is 41.3 Å². The van der Waals surface area contributed by atoms with Crippen molar-refractivity contribution in [3.63, 3.8) is 0 Å². The lowest BCUT2D eigenvalue weighted by Crippen LogP contribution is -2.46. The lowest BCUT2D eigenvalue weighted by molar-refractivity contribution is -0.152. The number of thioether (sulfide) groups is 1. The van der Waals surface area contributed by atoms with Crippen LogP contribution in [0.1, 0.15) is 30.5 Å². The topological polar surface area (TPSA) is 53.0 Å². The van der Waals surface area contributed by atoms with Crippen LogP contribution < -0.4 is 9.64 Å².